The van der Waals surface area contributed by atoms with Gasteiger partial charge in [-0.05, 0) is 25.1 Å². The fourth-order valence-corrected chi connectivity index (χ4v) is 3.04. The minimum atomic E-state index is -0.821. The summed E-state index contributed by atoms with van der Waals surface area (Å²) in [6, 6.07) is 2.20. The number of H-pyrrole nitrogens is 1. The molecule has 1 saturated carbocycles. The highest BCUT2D eigenvalue weighted by molar-refractivity contribution is 7.71. The van der Waals surface area contributed by atoms with Crippen molar-refractivity contribution in [1.29, 1.82) is 5.26 Å². The van der Waals surface area contributed by atoms with Crippen LogP contribution in [0.3, 0.4) is 0 Å². The highest BCUT2D eigenvalue weighted by atomic mass is 32.1. The summed E-state index contributed by atoms with van der Waals surface area (Å²) < 4.78 is 2.46. The lowest BCUT2D eigenvalue weighted by atomic mass is 9.87. The Morgan fingerprint density at radius 1 is 1.57 bits per heavy atom. The van der Waals surface area contributed by atoms with Crippen molar-refractivity contribution < 1.29 is 4.79 Å². The van der Waals surface area contributed by atoms with E-state index < -0.39 is 5.41 Å². The Morgan fingerprint density at radius 2 is 2.24 bits per heavy atom. The van der Waals surface area contributed by atoms with Gasteiger partial charge in [0.05, 0.1) is 6.07 Å². The minimum Gasteiger partial charge on any atom is -0.353 e. The van der Waals surface area contributed by atoms with Gasteiger partial charge in [0, 0.05) is 19.0 Å². The van der Waals surface area contributed by atoms with Gasteiger partial charge in [0.2, 0.25) is 5.91 Å². The van der Waals surface area contributed by atoms with Crippen molar-refractivity contribution in [2.75, 3.05) is 6.54 Å². The number of nitrogens with one attached hydrogen (secondary N) is 2. The summed E-state index contributed by atoms with van der Waals surface area (Å²) in [6.45, 7) is 5.11. The van der Waals surface area contributed by atoms with Crippen molar-refractivity contribution in [2.45, 2.75) is 52.0 Å². The van der Waals surface area contributed by atoms with Crippen molar-refractivity contribution in [3.8, 4) is 6.07 Å². The number of aromatic nitrogens is 3. The normalized spacial score (nSPS) is 16.9. The number of hydrogen-bond donors (Lipinski definition) is 2. The number of rotatable bonds is 5. The fourth-order valence-electron chi connectivity index (χ4n) is 2.81. The molecule has 114 valence electrons. The van der Waals surface area contributed by atoms with Gasteiger partial charge in [-0.1, -0.05) is 26.7 Å². The minimum absolute atomic E-state index is 0.149. The number of hydrogen-bond acceptors (Lipinski definition) is 4. The Hall–Kier alpha value is -1.68. The number of nitrogens with zero attached hydrogens (tertiary/aromatic N) is 3. The van der Waals surface area contributed by atoms with E-state index in [1.54, 1.807) is 0 Å². The van der Waals surface area contributed by atoms with Crippen molar-refractivity contribution >= 4 is 18.1 Å². The Labute approximate surface area is 129 Å². The zero-order valence-electron chi connectivity index (χ0n) is 12.5. The van der Waals surface area contributed by atoms with E-state index in [4.69, 9.17) is 12.2 Å². The van der Waals surface area contributed by atoms with E-state index >= 15 is 0 Å². The second kappa shape index (κ2) is 6.39. The maximum atomic E-state index is 12.2. The highest BCUT2D eigenvalue weighted by Gasteiger charge is 2.41. The van der Waals surface area contributed by atoms with Crippen LogP contribution in [0.2, 0.25) is 0 Å². The molecule has 0 saturated heterocycles. The van der Waals surface area contributed by atoms with Gasteiger partial charge in [0.25, 0.3) is 0 Å². The molecule has 0 radical (unpaired) electrons. The summed E-state index contributed by atoms with van der Waals surface area (Å²) in [6.07, 6.45) is 3.23. The Kier molecular flexibility index (Phi) is 4.78. The Bertz CT molecular complexity index is 604. The maximum absolute atomic E-state index is 12.2. The van der Waals surface area contributed by atoms with Gasteiger partial charge in [-0.3, -0.25) is 9.89 Å². The van der Waals surface area contributed by atoms with Crippen molar-refractivity contribution in [3.63, 3.8) is 0 Å². The van der Waals surface area contributed by atoms with Gasteiger partial charge < -0.3 is 9.88 Å². The molecular formula is C14H21N5OS. The smallest absolute Gasteiger partial charge is 0.240 e. The van der Waals surface area contributed by atoms with Crippen molar-refractivity contribution in [2.24, 2.45) is 5.41 Å². The average Bonchev–Trinajstić information content (AvgIpc) is 3.07. The summed E-state index contributed by atoms with van der Waals surface area (Å²) >= 11 is 5.20. The number of nitriles is 1. The van der Waals surface area contributed by atoms with Crippen LogP contribution in [0.25, 0.3) is 0 Å². The number of carbonyl (C=O) groups is 1. The van der Waals surface area contributed by atoms with E-state index in [1.807, 2.05) is 18.4 Å². The van der Waals surface area contributed by atoms with Gasteiger partial charge in [0.15, 0.2) is 4.77 Å². The molecule has 6 nitrogen and oxygen atoms in total. The summed E-state index contributed by atoms with van der Waals surface area (Å²) in [5.74, 6) is 0.989. The van der Waals surface area contributed by atoms with Crippen LogP contribution in [0.1, 0.15) is 51.3 Å². The quantitative estimate of drug-likeness (QED) is 0.817. The first kappa shape index (κ1) is 15.7. The first-order valence-electron chi connectivity index (χ1n) is 7.35. The maximum Gasteiger partial charge on any atom is 0.240 e. The Balaban J connectivity index is 1.96. The van der Waals surface area contributed by atoms with Crippen molar-refractivity contribution in [1.82, 2.24) is 20.1 Å². The van der Waals surface area contributed by atoms with Gasteiger partial charge in [0.1, 0.15) is 11.2 Å². The molecule has 1 fully saturated rings. The number of amides is 1. The van der Waals surface area contributed by atoms with Gasteiger partial charge in [-0.2, -0.15) is 10.4 Å². The molecule has 2 rings (SSSR count). The molecule has 0 spiro atoms. The fraction of sp³-hybridized carbons (Fsp3) is 0.714. The number of carbonyl (C=O) groups excluding carboxylic acids is 1. The molecule has 0 unspecified atom stereocenters. The Morgan fingerprint density at radius 3 is 2.81 bits per heavy atom. The van der Waals surface area contributed by atoms with Gasteiger partial charge >= 0.3 is 0 Å². The zero-order chi connectivity index (χ0) is 15.5. The van der Waals surface area contributed by atoms with E-state index in [2.05, 4.69) is 21.6 Å². The molecular weight excluding hydrogens is 286 g/mol. The lowest BCUT2D eigenvalue weighted by molar-refractivity contribution is -0.127. The first-order valence-corrected chi connectivity index (χ1v) is 7.75. The molecule has 1 heterocycles. The topological polar surface area (TPSA) is 86.5 Å². The molecule has 1 aromatic rings. The lowest BCUT2D eigenvalue weighted by Crippen LogP contribution is -2.39. The summed E-state index contributed by atoms with van der Waals surface area (Å²) in [5.41, 5.74) is -0.821. The molecule has 1 aliphatic rings. The molecule has 1 amide bonds. The molecule has 2 N–H and O–H groups in total. The molecule has 21 heavy (non-hydrogen) atoms. The molecule has 0 bridgehead atoms. The lowest BCUT2D eigenvalue weighted by Gasteiger charge is -2.19. The van der Waals surface area contributed by atoms with Crippen LogP contribution in [-0.4, -0.2) is 27.2 Å². The predicted molar refractivity (Wildman–Crippen MR) is 81.0 cm³/mol. The monoisotopic (exact) mass is 307 g/mol. The van der Waals surface area contributed by atoms with Gasteiger partial charge in [-0.15, -0.1) is 0 Å². The van der Waals surface area contributed by atoms with E-state index in [9.17, 15) is 10.1 Å². The van der Waals surface area contributed by atoms with Crippen LogP contribution in [0.4, 0.5) is 0 Å². The predicted octanol–water partition coefficient (Wildman–Crippen LogP) is 2.26. The standard InChI is InChI=1S/C14H21N5OS/c1-10(2)11-17-18-13(21)19(11)8-7-16-12(20)14(9-15)5-3-4-6-14/h10H,3-8H2,1-2H3,(H,16,20)(H,18,21). The molecule has 7 heteroatoms. The van der Waals surface area contributed by atoms with Crippen LogP contribution in [0.15, 0.2) is 0 Å². The second-order valence-corrected chi connectivity index (χ2v) is 6.24. The summed E-state index contributed by atoms with van der Waals surface area (Å²) in [7, 11) is 0. The van der Waals surface area contributed by atoms with Crippen molar-refractivity contribution in [3.05, 3.63) is 10.6 Å². The average molecular weight is 307 g/mol. The van der Waals surface area contributed by atoms with E-state index in [1.165, 1.54) is 0 Å². The second-order valence-electron chi connectivity index (χ2n) is 5.85. The third-order valence-electron chi connectivity index (χ3n) is 4.03. The van der Waals surface area contributed by atoms with Crippen LogP contribution >= 0.6 is 12.2 Å². The first-order chi connectivity index (χ1) is 10.00. The molecule has 0 aromatic carbocycles. The number of aromatic amines is 1. The molecule has 1 aliphatic carbocycles. The zero-order valence-corrected chi connectivity index (χ0v) is 13.3. The largest absolute Gasteiger partial charge is 0.353 e. The SMILES string of the molecule is CC(C)c1n[nH]c(=S)n1CCNC(=O)C1(C#N)CCCC1. The third-order valence-corrected chi connectivity index (χ3v) is 4.34. The van der Waals surface area contributed by atoms with E-state index in [-0.39, 0.29) is 11.8 Å². The third kappa shape index (κ3) is 3.16. The van der Waals surface area contributed by atoms with E-state index in [0.717, 1.165) is 18.7 Å². The van der Waals surface area contributed by atoms with Crippen LogP contribution in [-0.2, 0) is 11.3 Å². The summed E-state index contributed by atoms with van der Waals surface area (Å²) in [4.78, 5) is 12.2. The van der Waals surface area contributed by atoms with E-state index in [0.29, 0.717) is 30.7 Å². The molecule has 0 atom stereocenters. The van der Waals surface area contributed by atoms with Crippen LogP contribution in [0, 0.1) is 21.5 Å². The van der Waals surface area contributed by atoms with Crippen LogP contribution < -0.4 is 5.32 Å². The van der Waals surface area contributed by atoms with Crippen LogP contribution in [0.5, 0.6) is 0 Å². The molecule has 0 aliphatic heterocycles. The van der Waals surface area contributed by atoms with Gasteiger partial charge in [-0.25, -0.2) is 0 Å². The summed E-state index contributed by atoms with van der Waals surface area (Å²) in [5, 5.41) is 19.1. The molecule has 1 aromatic heterocycles. The highest BCUT2D eigenvalue weighted by Crippen LogP contribution is 2.37.